The highest BCUT2D eigenvalue weighted by Crippen LogP contribution is 2.28. The Morgan fingerprint density at radius 3 is 1.29 bits per heavy atom. The van der Waals surface area contributed by atoms with Crippen molar-refractivity contribution in [3.8, 4) is 23.6 Å². The number of anilines is 2. The van der Waals surface area contributed by atoms with E-state index in [0.29, 0.717) is 35.8 Å². The second-order valence-electron chi connectivity index (χ2n) is 10.8. The molecular weight excluding hydrogens is 596 g/mol. The lowest BCUT2D eigenvalue weighted by Crippen LogP contribution is -2.21. The first-order valence-corrected chi connectivity index (χ1v) is 16.3. The van der Waals surface area contributed by atoms with Gasteiger partial charge in [0.1, 0.15) is 36.9 Å². The Kier molecular flexibility index (Phi) is 13.4. The molecule has 0 saturated heterocycles. The molecule has 0 amide bonds. The molecule has 0 saturated carbocycles. The van der Waals surface area contributed by atoms with Crippen LogP contribution in [0.4, 0.5) is 11.4 Å². The highest BCUT2D eigenvalue weighted by Gasteiger charge is 2.12. The lowest BCUT2D eigenvalue weighted by atomic mass is 10.1. The maximum Gasteiger partial charge on any atom is 0.176 e. The molecule has 0 spiro atoms. The van der Waals surface area contributed by atoms with E-state index in [4.69, 9.17) is 9.47 Å². The summed E-state index contributed by atoms with van der Waals surface area (Å²) in [6.45, 7) is 12.6. The van der Waals surface area contributed by atoms with E-state index in [1.807, 2.05) is 109 Å². The quantitative estimate of drug-likeness (QED) is 0.0904. The number of hydrogen-bond acceptors (Lipinski definition) is 8. The van der Waals surface area contributed by atoms with Gasteiger partial charge in [0.15, 0.2) is 11.4 Å². The summed E-state index contributed by atoms with van der Waals surface area (Å²) < 4.78 is 12.5. The number of aliphatic imine (C=N–C) groups is 2. The van der Waals surface area contributed by atoms with Gasteiger partial charge in [-0.3, -0.25) is 0 Å². The third-order valence-electron chi connectivity index (χ3n) is 7.83. The van der Waals surface area contributed by atoms with Crippen LogP contribution in [0.5, 0.6) is 11.5 Å². The molecule has 244 valence electrons. The molecule has 0 aliphatic heterocycles. The van der Waals surface area contributed by atoms with Gasteiger partial charge < -0.3 is 19.3 Å². The van der Waals surface area contributed by atoms with Gasteiger partial charge in [-0.2, -0.15) is 10.5 Å². The van der Waals surface area contributed by atoms with E-state index in [0.717, 1.165) is 48.7 Å². The van der Waals surface area contributed by atoms with Gasteiger partial charge in [0, 0.05) is 73.2 Å². The first-order chi connectivity index (χ1) is 23.5. The molecule has 0 bridgehead atoms. The largest absolute Gasteiger partial charge is 0.488 e. The molecule has 8 heteroatoms. The summed E-state index contributed by atoms with van der Waals surface area (Å²) in [6, 6.07) is 35.7. The Bertz CT molecular complexity index is 1660. The minimum Gasteiger partial charge on any atom is -0.488 e. The summed E-state index contributed by atoms with van der Waals surface area (Å²) in [5.74, 6) is 1.25. The van der Waals surface area contributed by atoms with Crippen LogP contribution in [0.15, 0.2) is 118 Å². The van der Waals surface area contributed by atoms with E-state index < -0.39 is 0 Å². The minimum atomic E-state index is -0.109. The molecule has 0 aliphatic rings. The monoisotopic (exact) mass is 638 g/mol. The van der Waals surface area contributed by atoms with Crippen LogP contribution >= 0.6 is 0 Å². The number of allylic oxidation sites excluding steroid dienone is 2. The first kappa shape index (κ1) is 35.0. The SMILES string of the molecule is CCN(CC)c1ccc(C=N/C(C#N)=C(/C#N)N=Cc2ccc(N(CC)CC)cc2OCc2ccccc2)c(OCc2ccccc2)c1. The van der Waals surface area contributed by atoms with E-state index in [9.17, 15) is 10.5 Å². The average molecular weight is 639 g/mol. The van der Waals surface area contributed by atoms with Gasteiger partial charge in [0.2, 0.25) is 0 Å². The molecular formula is C40H42N6O2. The van der Waals surface area contributed by atoms with E-state index in [-0.39, 0.29) is 11.4 Å². The molecule has 48 heavy (non-hydrogen) atoms. The molecule has 0 N–H and O–H groups in total. The Morgan fingerprint density at radius 2 is 0.958 bits per heavy atom. The van der Waals surface area contributed by atoms with E-state index in [1.165, 1.54) is 0 Å². The Morgan fingerprint density at radius 1 is 0.583 bits per heavy atom. The third-order valence-corrected chi connectivity index (χ3v) is 7.83. The zero-order valence-electron chi connectivity index (χ0n) is 28.1. The number of hydrogen-bond donors (Lipinski definition) is 0. The summed E-state index contributed by atoms with van der Waals surface area (Å²) in [5, 5.41) is 20.0. The summed E-state index contributed by atoms with van der Waals surface area (Å²) >= 11 is 0. The van der Waals surface area contributed by atoms with Crippen LogP contribution in [0, 0.1) is 22.7 Å². The van der Waals surface area contributed by atoms with Gasteiger partial charge in [-0.1, -0.05) is 60.7 Å². The molecule has 0 aliphatic carbocycles. The van der Waals surface area contributed by atoms with Gasteiger partial charge in [-0.15, -0.1) is 0 Å². The predicted molar refractivity (Wildman–Crippen MR) is 195 cm³/mol. The fourth-order valence-corrected chi connectivity index (χ4v) is 5.11. The predicted octanol–water partition coefficient (Wildman–Crippen LogP) is 8.33. The maximum absolute atomic E-state index is 10.0. The Balaban J connectivity index is 1.65. The van der Waals surface area contributed by atoms with Crippen molar-refractivity contribution in [1.29, 1.82) is 10.5 Å². The number of benzene rings is 4. The van der Waals surface area contributed by atoms with Gasteiger partial charge in [0.05, 0.1) is 0 Å². The van der Waals surface area contributed by atoms with Crippen LogP contribution in [0.25, 0.3) is 0 Å². The number of ether oxygens (including phenoxy) is 2. The molecule has 0 fully saturated rings. The first-order valence-electron chi connectivity index (χ1n) is 16.3. The third kappa shape index (κ3) is 9.57. The average Bonchev–Trinajstić information content (AvgIpc) is 3.14. The molecule has 0 atom stereocenters. The molecule has 0 heterocycles. The zero-order chi connectivity index (χ0) is 34.1. The van der Waals surface area contributed by atoms with Gasteiger partial charge >= 0.3 is 0 Å². The molecule has 0 unspecified atom stereocenters. The highest BCUT2D eigenvalue weighted by molar-refractivity contribution is 5.87. The normalized spacial score (nSPS) is 11.5. The molecule has 0 aromatic heterocycles. The van der Waals surface area contributed by atoms with Crippen LogP contribution in [0.2, 0.25) is 0 Å². The maximum atomic E-state index is 10.0. The van der Waals surface area contributed by atoms with Crippen molar-refractivity contribution in [2.75, 3.05) is 36.0 Å². The molecule has 4 aromatic rings. The Hall–Kier alpha value is -5.86. The van der Waals surface area contributed by atoms with E-state index in [1.54, 1.807) is 12.4 Å². The fraction of sp³-hybridized carbons (Fsp3) is 0.250. The van der Waals surface area contributed by atoms with Crippen molar-refractivity contribution in [3.05, 3.63) is 131 Å². The molecule has 0 radical (unpaired) electrons. The van der Waals surface area contributed by atoms with Crippen LogP contribution in [-0.2, 0) is 13.2 Å². The summed E-state index contributed by atoms with van der Waals surface area (Å²) in [4.78, 5) is 13.3. The van der Waals surface area contributed by atoms with Crippen molar-refractivity contribution in [3.63, 3.8) is 0 Å². The summed E-state index contributed by atoms with van der Waals surface area (Å²) in [6.07, 6.45) is 3.09. The van der Waals surface area contributed by atoms with Crippen LogP contribution < -0.4 is 19.3 Å². The standard InChI is InChI=1S/C40H42N6O2/c1-5-45(6-2)35-21-19-33(39(23-35)47-29-31-15-11-9-12-16-31)27-43-37(25-41)38(26-42)44-28-34-20-22-36(46(7-3)8-4)24-40(34)48-30-32-17-13-10-14-18-32/h9-24,27-28H,5-8,29-30H2,1-4H3/b38-37-,43-27?,44-28?. The fourth-order valence-electron chi connectivity index (χ4n) is 5.11. The van der Waals surface area contributed by atoms with Crippen molar-refractivity contribution in [2.24, 2.45) is 9.98 Å². The van der Waals surface area contributed by atoms with Gasteiger partial charge in [-0.05, 0) is 63.1 Å². The lowest BCUT2D eigenvalue weighted by molar-refractivity contribution is 0.306. The van der Waals surface area contributed by atoms with Crippen LogP contribution in [0.3, 0.4) is 0 Å². The van der Waals surface area contributed by atoms with E-state index >= 15 is 0 Å². The van der Waals surface area contributed by atoms with Crippen molar-refractivity contribution in [2.45, 2.75) is 40.9 Å². The highest BCUT2D eigenvalue weighted by atomic mass is 16.5. The minimum absolute atomic E-state index is 0.109. The summed E-state index contributed by atoms with van der Waals surface area (Å²) in [7, 11) is 0. The van der Waals surface area contributed by atoms with Crippen molar-refractivity contribution >= 4 is 23.8 Å². The second kappa shape index (κ2) is 18.3. The number of nitrogens with zero attached hydrogens (tertiary/aromatic N) is 6. The van der Waals surface area contributed by atoms with Gasteiger partial charge in [0.25, 0.3) is 0 Å². The molecule has 8 nitrogen and oxygen atoms in total. The van der Waals surface area contributed by atoms with Crippen LogP contribution in [-0.4, -0.2) is 38.6 Å². The van der Waals surface area contributed by atoms with E-state index in [2.05, 4.69) is 47.5 Å². The van der Waals surface area contributed by atoms with Crippen molar-refractivity contribution in [1.82, 2.24) is 0 Å². The van der Waals surface area contributed by atoms with Crippen molar-refractivity contribution < 1.29 is 9.47 Å². The number of rotatable bonds is 16. The van der Waals surface area contributed by atoms with Crippen LogP contribution in [0.1, 0.15) is 49.9 Å². The smallest absolute Gasteiger partial charge is 0.176 e. The van der Waals surface area contributed by atoms with Gasteiger partial charge in [-0.25, -0.2) is 9.98 Å². The summed E-state index contributed by atoms with van der Waals surface area (Å²) in [5.41, 5.74) is 5.25. The number of nitriles is 2. The molecule has 4 rings (SSSR count). The molecule has 4 aromatic carbocycles. The lowest BCUT2D eigenvalue weighted by Gasteiger charge is -2.22. The Labute approximate surface area is 284 Å². The zero-order valence-corrected chi connectivity index (χ0v) is 28.1. The second-order valence-corrected chi connectivity index (χ2v) is 10.8. The topological polar surface area (TPSA) is 97.2 Å².